The van der Waals surface area contributed by atoms with Gasteiger partial charge in [-0.1, -0.05) is 26.8 Å². The number of carbonyl (C=O) groups is 2. The number of ketones is 1. The van der Waals surface area contributed by atoms with Gasteiger partial charge in [0.1, 0.15) is 35.2 Å². The minimum Gasteiger partial charge on any atom is -0.494 e. The van der Waals surface area contributed by atoms with Crippen molar-refractivity contribution in [3.63, 3.8) is 0 Å². The van der Waals surface area contributed by atoms with E-state index in [2.05, 4.69) is 58.0 Å². The van der Waals surface area contributed by atoms with Gasteiger partial charge in [-0.3, -0.25) is 9.59 Å². The van der Waals surface area contributed by atoms with Gasteiger partial charge in [-0.25, -0.2) is 4.98 Å². The molecule has 0 amide bonds. The molecule has 14 heteroatoms. The number of thiazole rings is 1. The second-order valence-electron chi connectivity index (χ2n) is 19.6. The maximum atomic E-state index is 15.3. The van der Waals surface area contributed by atoms with Crippen molar-refractivity contribution in [1.82, 2.24) is 9.88 Å². The number of methoxy groups -OCH3 is 3. The Morgan fingerprint density at radius 1 is 0.846 bits per heavy atom. The van der Waals surface area contributed by atoms with E-state index in [0.29, 0.717) is 31.1 Å². The lowest BCUT2D eigenvalue weighted by molar-refractivity contribution is -0.314. The summed E-state index contributed by atoms with van der Waals surface area (Å²) >= 11 is 1.73. The molecule has 13 nitrogen and oxygen atoms in total. The highest BCUT2D eigenvalue weighted by Crippen LogP contribution is 2.63. The summed E-state index contributed by atoms with van der Waals surface area (Å²) < 4.78 is 56.7. The number of likely N-dealkylation sites (N-methyl/N-ethyl adjacent to an activating group) is 1. The van der Waals surface area contributed by atoms with E-state index in [9.17, 15) is 4.79 Å². The van der Waals surface area contributed by atoms with Crippen LogP contribution in [-0.4, -0.2) is 131 Å². The summed E-state index contributed by atoms with van der Waals surface area (Å²) in [5, 5.41) is 0.917. The number of aromatic nitrogens is 1. The van der Waals surface area contributed by atoms with Crippen LogP contribution in [0.25, 0.3) is 10.6 Å². The Kier molecular flexibility index (Phi) is 15.9. The van der Waals surface area contributed by atoms with E-state index < -0.39 is 30.5 Å². The molecule has 3 saturated heterocycles. The van der Waals surface area contributed by atoms with Gasteiger partial charge in [-0.2, -0.15) is 0 Å². The zero-order valence-corrected chi connectivity index (χ0v) is 41.1. The molecule has 1 saturated carbocycles. The Balaban J connectivity index is 1.14. The quantitative estimate of drug-likeness (QED) is 0.178. The lowest BCUT2D eigenvalue weighted by atomic mass is 9.67. The Labute approximate surface area is 390 Å². The number of carbonyl (C=O) groups excluding carboxylic acids is 2. The summed E-state index contributed by atoms with van der Waals surface area (Å²) in [7, 11) is 9.17. The van der Waals surface area contributed by atoms with Crippen LogP contribution in [0.2, 0.25) is 0 Å². The maximum absolute atomic E-state index is 15.3. The van der Waals surface area contributed by atoms with Crippen molar-refractivity contribution in [2.24, 2.45) is 23.7 Å². The zero-order chi connectivity index (χ0) is 46.1. The number of hydrogen-bond donors (Lipinski definition) is 0. The molecule has 3 aliphatic heterocycles. The van der Waals surface area contributed by atoms with E-state index in [1.807, 2.05) is 26.0 Å². The highest BCUT2D eigenvalue weighted by molar-refractivity contribution is 7.15. The first-order valence-electron chi connectivity index (χ1n) is 24.4. The maximum Gasteiger partial charge on any atom is 0.306 e. The first kappa shape index (κ1) is 48.7. The van der Waals surface area contributed by atoms with Gasteiger partial charge in [0.25, 0.3) is 0 Å². The third-order valence-corrected chi connectivity index (χ3v) is 16.7. The summed E-state index contributed by atoms with van der Waals surface area (Å²) in [6.07, 6.45) is 6.11. The summed E-state index contributed by atoms with van der Waals surface area (Å²) in [6.45, 7) is 10.9. The predicted molar refractivity (Wildman–Crippen MR) is 247 cm³/mol. The van der Waals surface area contributed by atoms with Gasteiger partial charge >= 0.3 is 5.97 Å². The smallest absolute Gasteiger partial charge is 0.306 e. The summed E-state index contributed by atoms with van der Waals surface area (Å²) in [4.78, 5) is 38.3. The van der Waals surface area contributed by atoms with Gasteiger partial charge in [0.2, 0.25) is 0 Å². The van der Waals surface area contributed by atoms with E-state index in [1.54, 1.807) is 32.7 Å². The number of allylic oxidation sites excluding steroid dienone is 2. The van der Waals surface area contributed by atoms with Crippen LogP contribution in [0.1, 0.15) is 121 Å². The molecular formula is C51H74N2O11S. The molecule has 3 aliphatic carbocycles. The largest absolute Gasteiger partial charge is 0.494 e. The molecule has 65 heavy (non-hydrogen) atoms. The number of hydrogen-bond acceptors (Lipinski definition) is 14. The molecule has 0 spiro atoms. The molecule has 1 aromatic heterocycles. The second kappa shape index (κ2) is 21.2. The molecule has 0 N–H and O–H groups in total. The lowest BCUT2D eigenvalue weighted by Crippen LogP contribution is -2.59. The first-order valence-corrected chi connectivity index (χ1v) is 25.2. The first-order chi connectivity index (χ1) is 31.4. The number of fused-ring (bicyclic) bond motifs is 8. The molecule has 2 aromatic rings. The van der Waals surface area contributed by atoms with Gasteiger partial charge in [0.05, 0.1) is 43.1 Å². The zero-order valence-electron chi connectivity index (χ0n) is 40.3. The van der Waals surface area contributed by atoms with Crippen LogP contribution in [0.3, 0.4) is 0 Å². The molecule has 360 valence electrons. The van der Waals surface area contributed by atoms with Crippen molar-refractivity contribution in [2.45, 2.75) is 178 Å². The highest BCUT2D eigenvalue weighted by Gasteiger charge is 2.57. The highest BCUT2D eigenvalue weighted by atomic mass is 32.1. The Hall–Kier alpha value is -2.79. The lowest BCUT2D eigenvalue weighted by Gasteiger charge is -2.44. The van der Waals surface area contributed by atoms with Crippen LogP contribution >= 0.6 is 11.3 Å². The third kappa shape index (κ3) is 10.0. The Morgan fingerprint density at radius 2 is 1.60 bits per heavy atom. The molecule has 1 aromatic carbocycles. The van der Waals surface area contributed by atoms with Gasteiger partial charge in [0.15, 0.2) is 18.4 Å². The van der Waals surface area contributed by atoms with E-state index in [0.717, 1.165) is 67.0 Å². The number of ether oxygens (including phenoxy) is 9. The van der Waals surface area contributed by atoms with Crippen LogP contribution < -0.4 is 4.74 Å². The number of Topliss-reactive ketones (excluding diaryl/α,β-unsaturated/α-hetero) is 1. The monoisotopic (exact) mass is 923 g/mol. The summed E-state index contributed by atoms with van der Waals surface area (Å²) in [5.41, 5.74) is 2.70. The van der Waals surface area contributed by atoms with Crippen molar-refractivity contribution in [1.29, 1.82) is 0 Å². The van der Waals surface area contributed by atoms with E-state index in [4.69, 9.17) is 47.6 Å². The molecule has 17 atom stereocenters. The molecule has 4 heterocycles. The van der Waals surface area contributed by atoms with Crippen LogP contribution in [0.5, 0.6) is 5.75 Å². The van der Waals surface area contributed by atoms with Gasteiger partial charge in [-0.15, -0.1) is 11.3 Å². The molecule has 4 fully saturated rings. The normalized spacial score (nSPS) is 38.8. The average molecular weight is 923 g/mol. The fraction of sp³-hybridized carbons (Fsp3) is 0.745. The third-order valence-electron chi connectivity index (χ3n) is 15.5. The second-order valence-corrected chi connectivity index (χ2v) is 20.7. The SMILES string of the molecule is CCCOc1ccc(-c2nc3c(s2)[C@@H]2C[C@@H](O[C@@H]4OC(C)[C@H](OC)C(OC)C4OC)C[C@H]2[C@@H]2C=C4C(=O)[C@H](C)[C@@H](O[C@H]5CC[C@H](N(C)C)C(C)O5)CCC[C@H](CC)OC(=O)C[C@H]4[C@H]32)cc1. The van der Waals surface area contributed by atoms with Gasteiger partial charge in [-0.05, 0) is 127 Å². The molecule has 0 bridgehead atoms. The molecule has 6 aliphatic rings. The topological polar surface area (TPSA) is 133 Å². The predicted octanol–water partition coefficient (Wildman–Crippen LogP) is 8.48. The van der Waals surface area contributed by atoms with Crippen LogP contribution in [0, 0.1) is 23.7 Å². The van der Waals surface area contributed by atoms with E-state index in [1.165, 1.54) is 4.88 Å². The number of esters is 1. The molecule has 4 unspecified atom stereocenters. The fourth-order valence-electron chi connectivity index (χ4n) is 12.1. The molecule has 8 rings (SSSR count). The van der Waals surface area contributed by atoms with Crippen molar-refractivity contribution in [2.75, 3.05) is 42.0 Å². The van der Waals surface area contributed by atoms with E-state index >= 15 is 4.79 Å². The average Bonchev–Trinajstić information content (AvgIpc) is 4.02. The van der Waals surface area contributed by atoms with Crippen LogP contribution in [0.4, 0.5) is 0 Å². The minimum atomic E-state index is -0.667. The number of nitrogens with zero attached hydrogens (tertiary/aromatic N) is 2. The Bertz CT molecular complexity index is 1960. The van der Waals surface area contributed by atoms with Crippen molar-refractivity contribution in [3.8, 4) is 16.3 Å². The van der Waals surface area contributed by atoms with Crippen LogP contribution in [0.15, 0.2) is 35.9 Å². The minimum absolute atomic E-state index is 0.00348. The number of cyclic esters (lactones) is 1. The summed E-state index contributed by atoms with van der Waals surface area (Å²) in [5.74, 6) is -0.215. The number of benzene rings is 1. The number of rotatable bonds is 13. The molecule has 0 radical (unpaired) electrons. The van der Waals surface area contributed by atoms with Crippen molar-refractivity contribution in [3.05, 3.63) is 46.5 Å². The van der Waals surface area contributed by atoms with Gasteiger partial charge < -0.3 is 47.5 Å². The standard InChI is InChI=1S/C51H74N2O11S/c1-11-22-59-32-18-16-30(17-19-32)50-52-44-43-35(34-23-33(24-38(34)49(44)65-50)63-51-48(58-10)47(57-9)46(56-8)29(5)61-51)25-37-36(43)26-41(54)62-31(12-2)14-13-15-40(27(3)45(37)55)64-42-21-20-39(53(6)7)28(4)60-42/h16-19,25,27-29,31,33-36,38-40,42-43,46-48,51H,11-15,20-24,26H2,1-10H3/t27-,28?,29?,31+,33+,34+,35+,36-,38-,39+,40+,42+,43-,46+,47?,48?,51+/m1/s1. The summed E-state index contributed by atoms with van der Waals surface area (Å²) in [6, 6.07) is 8.49. The molecular weight excluding hydrogens is 849 g/mol. The van der Waals surface area contributed by atoms with Crippen LogP contribution in [-0.2, 0) is 47.5 Å². The van der Waals surface area contributed by atoms with E-state index in [-0.39, 0.29) is 84.6 Å². The fourth-order valence-corrected chi connectivity index (χ4v) is 13.4. The Morgan fingerprint density at radius 3 is 2.28 bits per heavy atom. The van der Waals surface area contributed by atoms with Crippen molar-refractivity contribution >= 4 is 23.1 Å². The van der Waals surface area contributed by atoms with Gasteiger partial charge in [0, 0.05) is 61.5 Å². The van der Waals surface area contributed by atoms with Crippen molar-refractivity contribution < 1.29 is 52.2 Å².